The van der Waals surface area contributed by atoms with Crippen LogP contribution in [0.15, 0.2) is 48.5 Å². The summed E-state index contributed by atoms with van der Waals surface area (Å²) in [5, 5.41) is 2.75. The Morgan fingerprint density at radius 2 is 1.82 bits per heavy atom. The maximum atomic E-state index is 13.6. The predicted octanol–water partition coefficient (Wildman–Crippen LogP) is 3.67. The number of amides is 2. The van der Waals surface area contributed by atoms with Crippen molar-refractivity contribution in [3.63, 3.8) is 0 Å². The molecule has 1 N–H and O–H groups in total. The molecule has 2 amide bonds. The van der Waals surface area contributed by atoms with Gasteiger partial charge in [-0.3, -0.25) is 9.59 Å². The highest BCUT2D eigenvalue weighted by Crippen LogP contribution is 2.52. The zero-order chi connectivity index (χ0) is 19.9. The molecule has 146 valence electrons. The summed E-state index contributed by atoms with van der Waals surface area (Å²) in [6.07, 6.45) is -0.155. The molecule has 0 aromatic heterocycles. The fourth-order valence-corrected chi connectivity index (χ4v) is 3.95. The second kappa shape index (κ2) is 6.89. The monoisotopic (exact) mass is 386 g/mol. The number of methoxy groups -OCH3 is 1. The number of alkyl halides is 2. The van der Waals surface area contributed by atoms with Crippen molar-refractivity contribution in [2.24, 2.45) is 11.8 Å². The van der Waals surface area contributed by atoms with Gasteiger partial charge in [0.15, 0.2) is 0 Å². The maximum Gasteiger partial charge on any atom is 0.255 e. The molecule has 2 atom stereocenters. The molecule has 7 heteroatoms. The third kappa shape index (κ3) is 3.21. The van der Waals surface area contributed by atoms with Gasteiger partial charge in [-0.1, -0.05) is 12.1 Å². The predicted molar refractivity (Wildman–Crippen MR) is 99.8 cm³/mol. The molecule has 1 saturated heterocycles. The van der Waals surface area contributed by atoms with Crippen molar-refractivity contribution in [3.8, 4) is 5.75 Å². The molecule has 0 spiro atoms. The number of carbonyl (C=O) groups excluding carboxylic acids is 2. The summed E-state index contributed by atoms with van der Waals surface area (Å²) in [6, 6.07) is 13.2. The van der Waals surface area contributed by atoms with E-state index < -0.39 is 11.8 Å². The van der Waals surface area contributed by atoms with Gasteiger partial charge in [-0.05, 0) is 42.3 Å². The van der Waals surface area contributed by atoms with Crippen LogP contribution in [0.25, 0.3) is 0 Å². The molecule has 28 heavy (non-hydrogen) atoms. The summed E-state index contributed by atoms with van der Waals surface area (Å²) in [5.41, 5.74) is 1.08. The molecule has 0 bridgehead atoms. The summed E-state index contributed by atoms with van der Waals surface area (Å²) in [7, 11) is 1.54. The van der Waals surface area contributed by atoms with Crippen LogP contribution in [0.4, 0.5) is 14.5 Å². The van der Waals surface area contributed by atoms with E-state index in [0.717, 1.165) is 0 Å². The highest BCUT2D eigenvalue weighted by molar-refractivity contribution is 6.09. The van der Waals surface area contributed by atoms with Crippen LogP contribution in [-0.4, -0.2) is 42.8 Å². The Bertz CT molecular complexity index is 914. The molecule has 1 heterocycles. The van der Waals surface area contributed by atoms with E-state index in [1.54, 1.807) is 48.5 Å². The van der Waals surface area contributed by atoms with Crippen molar-refractivity contribution < 1.29 is 23.1 Å². The lowest BCUT2D eigenvalue weighted by molar-refractivity contribution is -0.152. The molecule has 2 unspecified atom stereocenters. The third-order valence-electron chi connectivity index (χ3n) is 5.56. The Hall–Kier alpha value is -2.96. The van der Waals surface area contributed by atoms with Gasteiger partial charge >= 0.3 is 0 Å². The number of rotatable bonds is 4. The van der Waals surface area contributed by atoms with Crippen molar-refractivity contribution in [2.75, 3.05) is 25.5 Å². The average molecular weight is 386 g/mol. The van der Waals surface area contributed by atoms with Gasteiger partial charge in [0.2, 0.25) is 0 Å². The van der Waals surface area contributed by atoms with E-state index in [1.807, 2.05) is 0 Å². The van der Waals surface area contributed by atoms with Gasteiger partial charge in [-0.15, -0.1) is 0 Å². The molecule has 2 aromatic carbocycles. The smallest absolute Gasteiger partial charge is 0.255 e. The number of nitrogens with one attached hydrogen (secondary N) is 1. The van der Waals surface area contributed by atoms with E-state index in [0.29, 0.717) is 29.1 Å². The van der Waals surface area contributed by atoms with E-state index in [4.69, 9.17) is 4.74 Å². The van der Waals surface area contributed by atoms with Crippen molar-refractivity contribution in [1.82, 2.24) is 4.90 Å². The molecule has 1 aliphatic carbocycles. The van der Waals surface area contributed by atoms with Gasteiger partial charge in [0.25, 0.3) is 17.7 Å². The molecule has 5 nitrogen and oxygen atoms in total. The first-order valence-corrected chi connectivity index (χ1v) is 9.10. The Balaban J connectivity index is 1.50. The standard InChI is InChI=1S/C21H20F2N2O3/c1-28-15-8-6-13(7-9-15)19(26)24-18-5-3-2-4-16(18)20(27)25-11-14-10-21(22,23)17(14)12-25/h2-9,14,17H,10-12H2,1H3,(H,24,26). The molecule has 1 aliphatic heterocycles. The van der Waals surface area contributed by atoms with E-state index in [2.05, 4.69) is 5.32 Å². The molecule has 4 rings (SSSR count). The topological polar surface area (TPSA) is 58.6 Å². The van der Waals surface area contributed by atoms with Crippen LogP contribution in [0.1, 0.15) is 27.1 Å². The lowest BCUT2D eigenvalue weighted by Gasteiger charge is -2.38. The largest absolute Gasteiger partial charge is 0.497 e. The highest BCUT2D eigenvalue weighted by atomic mass is 19.3. The van der Waals surface area contributed by atoms with Gasteiger partial charge in [0, 0.05) is 31.0 Å². The van der Waals surface area contributed by atoms with Gasteiger partial charge in [0.05, 0.1) is 18.4 Å². The summed E-state index contributed by atoms with van der Waals surface area (Å²) >= 11 is 0. The normalized spacial score (nSPS) is 22.2. The summed E-state index contributed by atoms with van der Waals surface area (Å²) in [4.78, 5) is 26.9. The van der Waals surface area contributed by atoms with Crippen molar-refractivity contribution >= 4 is 17.5 Å². The molecule has 0 radical (unpaired) electrons. The van der Waals surface area contributed by atoms with Crippen molar-refractivity contribution in [1.29, 1.82) is 0 Å². The Morgan fingerprint density at radius 3 is 2.46 bits per heavy atom. The van der Waals surface area contributed by atoms with Crippen molar-refractivity contribution in [2.45, 2.75) is 12.3 Å². The van der Waals surface area contributed by atoms with Crippen LogP contribution < -0.4 is 10.1 Å². The number of benzene rings is 2. The van der Waals surface area contributed by atoms with E-state index >= 15 is 0 Å². The fourth-order valence-electron chi connectivity index (χ4n) is 3.95. The zero-order valence-corrected chi connectivity index (χ0v) is 15.3. The number of fused-ring (bicyclic) bond motifs is 1. The summed E-state index contributed by atoms with van der Waals surface area (Å²) < 4.78 is 32.3. The van der Waals surface area contributed by atoms with Crippen LogP contribution in [0.3, 0.4) is 0 Å². The number of para-hydroxylation sites is 1. The lowest BCUT2D eigenvalue weighted by Crippen LogP contribution is -2.46. The molecular formula is C21H20F2N2O3. The van der Waals surface area contributed by atoms with Crippen molar-refractivity contribution in [3.05, 3.63) is 59.7 Å². The first kappa shape index (κ1) is 18.4. The van der Waals surface area contributed by atoms with Crippen LogP contribution in [-0.2, 0) is 0 Å². The molecule has 2 fully saturated rings. The summed E-state index contributed by atoms with van der Waals surface area (Å²) in [5.74, 6) is -3.64. The first-order valence-electron chi connectivity index (χ1n) is 9.10. The quantitative estimate of drug-likeness (QED) is 0.872. The molecule has 1 saturated carbocycles. The minimum Gasteiger partial charge on any atom is -0.497 e. The number of anilines is 1. The minimum atomic E-state index is -2.68. The zero-order valence-electron chi connectivity index (χ0n) is 15.3. The molecular weight excluding hydrogens is 366 g/mol. The third-order valence-corrected chi connectivity index (χ3v) is 5.56. The average Bonchev–Trinajstić information content (AvgIpc) is 3.07. The Morgan fingerprint density at radius 1 is 1.11 bits per heavy atom. The van der Waals surface area contributed by atoms with Gasteiger partial charge in [-0.2, -0.15) is 0 Å². The number of ether oxygens (including phenoxy) is 1. The van der Waals surface area contributed by atoms with Gasteiger partial charge in [0.1, 0.15) is 5.75 Å². The van der Waals surface area contributed by atoms with Crippen LogP contribution >= 0.6 is 0 Å². The second-order valence-corrected chi connectivity index (χ2v) is 7.27. The number of hydrogen-bond donors (Lipinski definition) is 1. The van der Waals surface area contributed by atoms with E-state index in [9.17, 15) is 18.4 Å². The maximum absolute atomic E-state index is 13.6. The Labute approximate surface area is 161 Å². The molecule has 2 aliphatic rings. The number of carbonyl (C=O) groups is 2. The fraction of sp³-hybridized carbons (Fsp3) is 0.333. The number of likely N-dealkylation sites (tertiary alicyclic amines) is 1. The second-order valence-electron chi connectivity index (χ2n) is 7.27. The lowest BCUT2D eigenvalue weighted by atomic mass is 9.72. The minimum absolute atomic E-state index is 0.0528. The number of nitrogens with zero attached hydrogens (tertiary/aromatic N) is 1. The van der Waals surface area contributed by atoms with Gasteiger partial charge in [-0.25, -0.2) is 8.78 Å². The number of halogens is 2. The van der Waals surface area contributed by atoms with E-state index in [1.165, 1.54) is 12.0 Å². The van der Waals surface area contributed by atoms with Crippen LogP contribution in [0, 0.1) is 11.8 Å². The van der Waals surface area contributed by atoms with E-state index in [-0.39, 0.29) is 30.7 Å². The molecule has 2 aromatic rings. The SMILES string of the molecule is COc1ccc(C(=O)Nc2ccccc2C(=O)N2CC3CC(F)(F)C3C2)cc1. The summed E-state index contributed by atoms with van der Waals surface area (Å²) in [6.45, 7) is 0.386. The Kier molecular flexibility index (Phi) is 4.53. The number of hydrogen-bond acceptors (Lipinski definition) is 3. The van der Waals surface area contributed by atoms with Gasteiger partial charge < -0.3 is 15.0 Å². The van der Waals surface area contributed by atoms with Crippen LogP contribution in [0.2, 0.25) is 0 Å². The highest BCUT2D eigenvalue weighted by Gasteiger charge is 2.60. The first-order chi connectivity index (χ1) is 13.4. The van der Waals surface area contributed by atoms with Crippen LogP contribution in [0.5, 0.6) is 5.75 Å².